The van der Waals surface area contributed by atoms with Gasteiger partial charge in [-0.25, -0.2) is 9.97 Å². The van der Waals surface area contributed by atoms with Gasteiger partial charge in [-0.1, -0.05) is 34.1 Å². The average Bonchev–Trinajstić information content (AvgIpc) is 3.23. The van der Waals surface area contributed by atoms with Crippen molar-refractivity contribution in [1.82, 2.24) is 14.9 Å². The molecule has 6 nitrogen and oxygen atoms in total. The summed E-state index contributed by atoms with van der Waals surface area (Å²) >= 11 is 5.02. The first-order valence-corrected chi connectivity index (χ1v) is 11.5. The van der Waals surface area contributed by atoms with Gasteiger partial charge in [0.2, 0.25) is 11.8 Å². The molecule has 1 saturated heterocycles. The Balaban J connectivity index is 1.29. The van der Waals surface area contributed by atoms with Gasteiger partial charge in [0, 0.05) is 40.6 Å². The molecule has 4 rings (SSSR count). The minimum absolute atomic E-state index is 0.0287. The molecular formula is C22H21BrN4O2S. The second-order valence-corrected chi connectivity index (χ2v) is 8.96. The summed E-state index contributed by atoms with van der Waals surface area (Å²) in [6.45, 7) is 1.17. The lowest BCUT2D eigenvalue weighted by atomic mass is 9.95. The lowest BCUT2D eigenvalue weighted by Gasteiger charge is -2.31. The largest absolute Gasteiger partial charge is 0.342 e. The Kier molecular flexibility index (Phi) is 6.54. The van der Waals surface area contributed by atoms with E-state index in [2.05, 4.69) is 31.2 Å². The van der Waals surface area contributed by atoms with E-state index in [1.54, 1.807) is 23.6 Å². The summed E-state index contributed by atoms with van der Waals surface area (Å²) in [6.07, 6.45) is 3.25. The van der Waals surface area contributed by atoms with Crippen molar-refractivity contribution in [2.75, 3.05) is 18.4 Å². The van der Waals surface area contributed by atoms with Crippen molar-refractivity contribution in [1.29, 1.82) is 0 Å². The van der Waals surface area contributed by atoms with Gasteiger partial charge in [0.05, 0.1) is 12.1 Å². The molecule has 0 bridgehead atoms. The van der Waals surface area contributed by atoms with Crippen LogP contribution in [0.5, 0.6) is 0 Å². The van der Waals surface area contributed by atoms with Gasteiger partial charge in [-0.2, -0.15) is 0 Å². The Labute approximate surface area is 187 Å². The topological polar surface area (TPSA) is 75.2 Å². The van der Waals surface area contributed by atoms with Crippen LogP contribution in [0.25, 0.3) is 10.6 Å². The van der Waals surface area contributed by atoms with Crippen LogP contribution < -0.4 is 5.32 Å². The van der Waals surface area contributed by atoms with Crippen molar-refractivity contribution in [3.8, 4) is 10.6 Å². The quantitative estimate of drug-likeness (QED) is 0.582. The molecule has 2 aromatic heterocycles. The highest BCUT2D eigenvalue weighted by molar-refractivity contribution is 9.10. The van der Waals surface area contributed by atoms with Gasteiger partial charge in [-0.15, -0.1) is 11.3 Å². The monoisotopic (exact) mass is 484 g/mol. The van der Waals surface area contributed by atoms with Crippen LogP contribution in [-0.2, 0) is 16.0 Å². The van der Waals surface area contributed by atoms with E-state index in [-0.39, 0.29) is 24.2 Å². The predicted molar refractivity (Wildman–Crippen MR) is 121 cm³/mol. The summed E-state index contributed by atoms with van der Waals surface area (Å²) in [5.41, 5.74) is 1.82. The Morgan fingerprint density at radius 1 is 1.17 bits per heavy atom. The van der Waals surface area contributed by atoms with Crippen LogP contribution in [0.2, 0.25) is 0 Å². The molecule has 1 aliphatic heterocycles. The number of nitrogens with zero attached hydrogens (tertiary/aromatic N) is 3. The highest BCUT2D eigenvalue weighted by Gasteiger charge is 2.27. The second-order valence-electron chi connectivity index (χ2n) is 7.19. The number of benzene rings is 1. The fourth-order valence-electron chi connectivity index (χ4n) is 3.47. The van der Waals surface area contributed by atoms with Crippen molar-refractivity contribution in [3.05, 3.63) is 64.2 Å². The molecule has 0 radical (unpaired) electrons. The number of thiazole rings is 1. The summed E-state index contributed by atoms with van der Waals surface area (Å²) in [5.74, 6) is 0.493. The number of carbonyl (C=O) groups excluding carboxylic acids is 2. The van der Waals surface area contributed by atoms with Crippen molar-refractivity contribution >= 4 is 44.9 Å². The van der Waals surface area contributed by atoms with E-state index >= 15 is 0 Å². The number of rotatable bonds is 5. The van der Waals surface area contributed by atoms with E-state index < -0.39 is 0 Å². The van der Waals surface area contributed by atoms with Crippen molar-refractivity contribution in [3.63, 3.8) is 0 Å². The SMILES string of the molecule is O=C(Nc1ccccn1)C1CCN(C(=O)Cc2csc(-c3cccc(Br)c3)n2)CC1. The molecule has 0 aliphatic carbocycles. The Morgan fingerprint density at radius 3 is 2.73 bits per heavy atom. The number of likely N-dealkylation sites (tertiary alicyclic amines) is 1. The van der Waals surface area contributed by atoms with Gasteiger partial charge in [0.1, 0.15) is 10.8 Å². The minimum Gasteiger partial charge on any atom is -0.342 e. The van der Waals surface area contributed by atoms with Crippen molar-refractivity contribution < 1.29 is 9.59 Å². The first kappa shape index (κ1) is 20.7. The van der Waals surface area contributed by atoms with E-state index in [1.807, 2.05) is 46.7 Å². The maximum atomic E-state index is 12.7. The number of hydrogen-bond donors (Lipinski definition) is 1. The predicted octanol–water partition coefficient (Wildman–Crippen LogP) is 4.39. The number of anilines is 1. The molecule has 1 aromatic carbocycles. The second kappa shape index (κ2) is 9.49. The normalized spacial score (nSPS) is 14.5. The van der Waals surface area contributed by atoms with Crippen LogP contribution in [0.1, 0.15) is 18.5 Å². The van der Waals surface area contributed by atoms with E-state index in [0.29, 0.717) is 31.7 Å². The molecule has 0 unspecified atom stereocenters. The molecule has 1 N–H and O–H groups in total. The van der Waals surface area contributed by atoms with Gasteiger partial charge >= 0.3 is 0 Å². The molecule has 1 fully saturated rings. The maximum absolute atomic E-state index is 12.7. The number of halogens is 1. The molecule has 2 amide bonds. The van der Waals surface area contributed by atoms with Crippen molar-refractivity contribution in [2.45, 2.75) is 19.3 Å². The number of nitrogens with one attached hydrogen (secondary N) is 1. The van der Waals surface area contributed by atoms with Gasteiger partial charge in [-0.3, -0.25) is 9.59 Å². The highest BCUT2D eigenvalue weighted by Crippen LogP contribution is 2.27. The fourth-order valence-corrected chi connectivity index (χ4v) is 4.68. The molecule has 1 aliphatic rings. The first-order chi connectivity index (χ1) is 14.6. The number of aromatic nitrogens is 2. The zero-order valence-corrected chi connectivity index (χ0v) is 18.7. The number of piperidine rings is 1. The molecule has 8 heteroatoms. The smallest absolute Gasteiger partial charge is 0.228 e. The molecule has 0 atom stereocenters. The first-order valence-electron chi connectivity index (χ1n) is 9.78. The third kappa shape index (κ3) is 5.12. The molecule has 30 heavy (non-hydrogen) atoms. The zero-order valence-electron chi connectivity index (χ0n) is 16.3. The third-order valence-corrected chi connectivity index (χ3v) is 6.52. The third-order valence-electron chi connectivity index (χ3n) is 5.09. The zero-order chi connectivity index (χ0) is 20.9. The number of pyridine rings is 1. The van der Waals surface area contributed by atoms with E-state index in [9.17, 15) is 9.59 Å². The molecule has 154 valence electrons. The number of carbonyl (C=O) groups is 2. The number of hydrogen-bond acceptors (Lipinski definition) is 5. The average molecular weight is 485 g/mol. The van der Waals surface area contributed by atoms with Gasteiger partial charge in [0.15, 0.2) is 0 Å². The Morgan fingerprint density at radius 2 is 2.00 bits per heavy atom. The molecule has 3 heterocycles. The number of amides is 2. The Bertz CT molecular complexity index is 1030. The molecule has 0 saturated carbocycles. The van der Waals surface area contributed by atoms with Crippen LogP contribution >= 0.6 is 27.3 Å². The van der Waals surface area contributed by atoms with Crippen LogP contribution in [0.4, 0.5) is 5.82 Å². The maximum Gasteiger partial charge on any atom is 0.228 e. The minimum atomic E-state index is -0.0986. The van der Waals surface area contributed by atoms with Gasteiger partial charge < -0.3 is 10.2 Å². The lowest BCUT2D eigenvalue weighted by Crippen LogP contribution is -2.42. The Hall–Kier alpha value is -2.58. The van der Waals surface area contributed by atoms with Crippen LogP contribution in [-0.4, -0.2) is 39.8 Å². The molecule has 3 aromatic rings. The van der Waals surface area contributed by atoms with E-state index in [1.165, 1.54) is 0 Å². The molecule has 0 spiro atoms. The van der Waals surface area contributed by atoms with Crippen LogP contribution in [0.15, 0.2) is 58.5 Å². The van der Waals surface area contributed by atoms with E-state index in [0.717, 1.165) is 20.7 Å². The standard InChI is InChI=1S/C22H21BrN4O2S/c23-17-5-3-4-16(12-17)22-25-18(14-30-22)13-20(28)27-10-7-15(8-11-27)21(29)26-19-6-1-2-9-24-19/h1-6,9,12,14-15H,7-8,10-11,13H2,(H,24,26,29). The van der Waals surface area contributed by atoms with Crippen LogP contribution in [0, 0.1) is 5.92 Å². The summed E-state index contributed by atoms with van der Waals surface area (Å²) in [7, 11) is 0. The summed E-state index contributed by atoms with van der Waals surface area (Å²) in [6, 6.07) is 13.4. The molecular weight excluding hydrogens is 464 g/mol. The summed E-state index contributed by atoms with van der Waals surface area (Å²) in [5, 5.41) is 5.70. The lowest BCUT2D eigenvalue weighted by molar-refractivity contribution is -0.133. The van der Waals surface area contributed by atoms with Gasteiger partial charge in [-0.05, 0) is 37.1 Å². The van der Waals surface area contributed by atoms with E-state index in [4.69, 9.17) is 0 Å². The summed E-state index contributed by atoms with van der Waals surface area (Å²) in [4.78, 5) is 35.7. The van der Waals surface area contributed by atoms with Crippen molar-refractivity contribution in [2.24, 2.45) is 5.92 Å². The van der Waals surface area contributed by atoms with Gasteiger partial charge in [0.25, 0.3) is 0 Å². The fraction of sp³-hybridized carbons (Fsp3) is 0.273. The summed E-state index contributed by atoms with van der Waals surface area (Å²) < 4.78 is 1.00. The van der Waals surface area contributed by atoms with Crippen LogP contribution in [0.3, 0.4) is 0 Å². The highest BCUT2D eigenvalue weighted by atomic mass is 79.9.